The first-order valence-corrected chi connectivity index (χ1v) is 9.10. The maximum atomic E-state index is 3.69. The van der Waals surface area contributed by atoms with Gasteiger partial charge in [0.15, 0.2) is 0 Å². The van der Waals surface area contributed by atoms with Gasteiger partial charge in [0.2, 0.25) is 0 Å². The first-order valence-electron chi connectivity index (χ1n) is 6.69. The fourth-order valence-electron chi connectivity index (χ4n) is 2.44. The molecule has 1 atom stereocenters. The molecule has 2 aromatic rings. The van der Waals surface area contributed by atoms with Crippen LogP contribution in [0.1, 0.15) is 40.8 Å². The van der Waals surface area contributed by atoms with Gasteiger partial charge in [0.25, 0.3) is 0 Å². The molecule has 2 rings (SSSR count). The third kappa shape index (κ3) is 3.35. The highest BCUT2D eigenvalue weighted by Crippen LogP contribution is 2.39. The van der Waals surface area contributed by atoms with Crippen molar-refractivity contribution >= 4 is 43.2 Å². The Morgan fingerprint density at radius 2 is 1.65 bits per heavy atom. The molecule has 0 amide bonds. The topological polar surface area (TPSA) is 12.0 Å². The SMILES string of the molecule is CCNC(c1cc(C)c(C)cc1C)c1cc(Br)sc1Br. The van der Waals surface area contributed by atoms with Crippen LogP contribution in [0.5, 0.6) is 0 Å². The number of benzene rings is 1. The molecule has 0 aliphatic heterocycles. The smallest absolute Gasteiger partial charge is 0.0761 e. The quantitative estimate of drug-likeness (QED) is 0.654. The van der Waals surface area contributed by atoms with Gasteiger partial charge in [0.05, 0.1) is 13.6 Å². The Morgan fingerprint density at radius 3 is 2.20 bits per heavy atom. The maximum absolute atomic E-state index is 3.69. The van der Waals surface area contributed by atoms with Crippen LogP contribution < -0.4 is 5.32 Å². The van der Waals surface area contributed by atoms with Crippen LogP contribution >= 0.6 is 43.2 Å². The van der Waals surface area contributed by atoms with Crippen LogP contribution in [0.2, 0.25) is 0 Å². The second-order valence-corrected chi connectivity index (χ2v) is 8.81. The molecule has 1 unspecified atom stereocenters. The molecule has 0 aliphatic carbocycles. The van der Waals surface area contributed by atoms with Gasteiger partial charge in [0, 0.05) is 0 Å². The summed E-state index contributed by atoms with van der Waals surface area (Å²) >= 11 is 9.00. The lowest BCUT2D eigenvalue weighted by molar-refractivity contribution is 0.627. The number of hydrogen-bond donors (Lipinski definition) is 1. The molecule has 0 radical (unpaired) electrons. The second-order valence-electron chi connectivity index (χ2n) is 5.06. The number of rotatable bonds is 4. The molecule has 20 heavy (non-hydrogen) atoms. The second kappa shape index (κ2) is 6.73. The summed E-state index contributed by atoms with van der Waals surface area (Å²) < 4.78 is 2.34. The summed E-state index contributed by atoms with van der Waals surface area (Å²) in [4.78, 5) is 0. The molecule has 0 spiro atoms. The number of halogens is 2. The molecule has 0 bridgehead atoms. The largest absolute Gasteiger partial charge is 0.306 e. The molecule has 108 valence electrons. The Morgan fingerprint density at radius 1 is 1.00 bits per heavy atom. The summed E-state index contributed by atoms with van der Waals surface area (Å²) in [5.74, 6) is 0. The van der Waals surface area contributed by atoms with Crippen molar-refractivity contribution in [3.8, 4) is 0 Å². The van der Waals surface area contributed by atoms with Gasteiger partial charge in [-0.25, -0.2) is 0 Å². The van der Waals surface area contributed by atoms with E-state index in [-0.39, 0.29) is 6.04 Å². The molecule has 0 aliphatic rings. The predicted molar refractivity (Wildman–Crippen MR) is 95.9 cm³/mol. The van der Waals surface area contributed by atoms with E-state index in [1.165, 1.54) is 31.6 Å². The summed E-state index contributed by atoms with van der Waals surface area (Å²) in [6.45, 7) is 9.64. The van der Waals surface area contributed by atoms with E-state index >= 15 is 0 Å². The summed E-state index contributed by atoms with van der Waals surface area (Å²) in [5.41, 5.74) is 6.70. The monoisotopic (exact) mass is 415 g/mol. The Balaban J connectivity index is 2.54. The number of hydrogen-bond acceptors (Lipinski definition) is 2. The van der Waals surface area contributed by atoms with E-state index in [2.05, 4.69) is 83.1 Å². The fourth-order valence-corrected chi connectivity index (χ4v) is 5.34. The van der Waals surface area contributed by atoms with E-state index in [1.807, 2.05) is 0 Å². The summed E-state index contributed by atoms with van der Waals surface area (Å²) in [6.07, 6.45) is 0. The Bertz CT molecular complexity index is 619. The van der Waals surface area contributed by atoms with E-state index < -0.39 is 0 Å². The van der Waals surface area contributed by atoms with Crippen LogP contribution in [0.15, 0.2) is 25.8 Å². The van der Waals surface area contributed by atoms with E-state index in [9.17, 15) is 0 Å². The van der Waals surface area contributed by atoms with Crippen LogP contribution in [-0.4, -0.2) is 6.54 Å². The van der Waals surface area contributed by atoms with Crippen LogP contribution in [0, 0.1) is 20.8 Å². The zero-order valence-electron chi connectivity index (χ0n) is 12.2. The first-order chi connectivity index (χ1) is 9.43. The molecule has 0 saturated carbocycles. The Kier molecular flexibility index (Phi) is 5.46. The van der Waals surface area contributed by atoms with Crippen molar-refractivity contribution in [3.63, 3.8) is 0 Å². The Hall–Kier alpha value is -0.160. The van der Waals surface area contributed by atoms with Crippen LogP contribution in [0.4, 0.5) is 0 Å². The highest BCUT2D eigenvalue weighted by molar-refractivity contribution is 9.12. The first kappa shape index (κ1) is 16.2. The lowest BCUT2D eigenvalue weighted by atomic mass is 9.93. The van der Waals surface area contributed by atoms with Gasteiger partial charge in [0.1, 0.15) is 0 Å². The van der Waals surface area contributed by atoms with E-state index in [1.54, 1.807) is 11.3 Å². The summed E-state index contributed by atoms with van der Waals surface area (Å²) in [6, 6.07) is 7.04. The van der Waals surface area contributed by atoms with Crippen molar-refractivity contribution < 1.29 is 0 Å². The van der Waals surface area contributed by atoms with E-state index in [4.69, 9.17) is 0 Å². The van der Waals surface area contributed by atoms with Gasteiger partial charge in [-0.1, -0.05) is 19.1 Å². The molecule has 4 heteroatoms. The van der Waals surface area contributed by atoms with Gasteiger partial charge in [-0.2, -0.15) is 0 Å². The van der Waals surface area contributed by atoms with Gasteiger partial charge in [-0.05, 0) is 93.1 Å². The highest BCUT2D eigenvalue weighted by atomic mass is 79.9. The standard InChI is InChI=1S/C16H19Br2NS/c1-5-19-15(13-8-14(17)20-16(13)18)12-7-10(3)9(2)6-11(12)4/h6-8,15,19H,5H2,1-4H3. The van der Waals surface area contributed by atoms with Gasteiger partial charge < -0.3 is 5.32 Å². The van der Waals surface area contributed by atoms with Crippen molar-refractivity contribution in [2.45, 2.75) is 33.7 Å². The van der Waals surface area contributed by atoms with Crippen molar-refractivity contribution in [3.05, 3.63) is 53.6 Å². The number of thiophene rings is 1. The van der Waals surface area contributed by atoms with Gasteiger partial charge >= 0.3 is 0 Å². The minimum atomic E-state index is 0.233. The highest BCUT2D eigenvalue weighted by Gasteiger charge is 2.20. The minimum absolute atomic E-state index is 0.233. The average molecular weight is 417 g/mol. The molecule has 1 nitrogen and oxygen atoms in total. The number of nitrogens with one attached hydrogen (secondary N) is 1. The maximum Gasteiger partial charge on any atom is 0.0761 e. The molecule has 0 fully saturated rings. The summed E-state index contributed by atoms with van der Waals surface area (Å²) in [7, 11) is 0. The van der Waals surface area contributed by atoms with Crippen LogP contribution in [-0.2, 0) is 0 Å². The van der Waals surface area contributed by atoms with Crippen molar-refractivity contribution in [1.82, 2.24) is 5.32 Å². The lowest BCUT2D eigenvalue weighted by Crippen LogP contribution is -2.23. The Labute approximate surface area is 142 Å². The lowest BCUT2D eigenvalue weighted by Gasteiger charge is -2.21. The molecule has 1 heterocycles. The molecule has 1 N–H and O–H groups in total. The normalized spacial score (nSPS) is 12.7. The predicted octanol–water partition coefficient (Wildman–Crippen LogP) is 5.90. The minimum Gasteiger partial charge on any atom is -0.306 e. The van der Waals surface area contributed by atoms with Gasteiger partial charge in [-0.3, -0.25) is 0 Å². The third-order valence-corrected chi connectivity index (χ3v) is 5.98. The molecular weight excluding hydrogens is 398 g/mol. The molecule has 0 saturated heterocycles. The van der Waals surface area contributed by atoms with Crippen molar-refractivity contribution in [2.75, 3.05) is 6.54 Å². The third-order valence-electron chi connectivity index (χ3n) is 3.60. The number of aryl methyl sites for hydroxylation is 3. The van der Waals surface area contributed by atoms with Crippen molar-refractivity contribution in [1.29, 1.82) is 0 Å². The van der Waals surface area contributed by atoms with Crippen LogP contribution in [0.3, 0.4) is 0 Å². The molecule has 1 aromatic heterocycles. The molecular formula is C16H19Br2NS. The fraction of sp³-hybridized carbons (Fsp3) is 0.375. The summed E-state index contributed by atoms with van der Waals surface area (Å²) in [5, 5.41) is 3.61. The zero-order valence-corrected chi connectivity index (χ0v) is 16.2. The van der Waals surface area contributed by atoms with Crippen molar-refractivity contribution in [2.24, 2.45) is 0 Å². The van der Waals surface area contributed by atoms with E-state index in [0.717, 1.165) is 10.3 Å². The van der Waals surface area contributed by atoms with E-state index in [0.29, 0.717) is 0 Å². The molecule has 1 aromatic carbocycles. The van der Waals surface area contributed by atoms with Gasteiger partial charge in [-0.15, -0.1) is 11.3 Å². The zero-order chi connectivity index (χ0) is 14.9. The van der Waals surface area contributed by atoms with Crippen LogP contribution in [0.25, 0.3) is 0 Å². The average Bonchev–Trinajstić information content (AvgIpc) is 2.70.